The van der Waals surface area contributed by atoms with Crippen LogP contribution in [0.25, 0.3) is 0 Å². The minimum Gasteiger partial charge on any atom is -0.380 e. The van der Waals surface area contributed by atoms with E-state index in [1.807, 2.05) is 6.92 Å². The van der Waals surface area contributed by atoms with Gasteiger partial charge in [0, 0.05) is 31.4 Å². The van der Waals surface area contributed by atoms with Gasteiger partial charge in [-0.25, -0.2) is 0 Å². The summed E-state index contributed by atoms with van der Waals surface area (Å²) >= 11 is 0. The number of ether oxygens (including phenoxy) is 1. The molecule has 0 bridgehead atoms. The molecule has 0 radical (unpaired) electrons. The first-order valence-electron chi connectivity index (χ1n) is 8.43. The molecule has 1 unspecified atom stereocenters. The van der Waals surface area contributed by atoms with Gasteiger partial charge in [-0.05, 0) is 44.9 Å². The van der Waals surface area contributed by atoms with Crippen molar-refractivity contribution in [3.8, 4) is 0 Å². The molecule has 0 heterocycles. The number of anilines is 1. The average molecular weight is 292 g/mol. The van der Waals surface area contributed by atoms with Crippen molar-refractivity contribution in [3.63, 3.8) is 0 Å². The van der Waals surface area contributed by atoms with Gasteiger partial charge < -0.3 is 15.0 Å². The fraction of sp³-hybridized carbons (Fsp3) is 0.667. The van der Waals surface area contributed by atoms with Crippen molar-refractivity contribution in [2.24, 2.45) is 0 Å². The molecule has 0 fully saturated rings. The van der Waals surface area contributed by atoms with Gasteiger partial charge in [0.25, 0.3) is 0 Å². The Labute approximate surface area is 130 Å². The van der Waals surface area contributed by atoms with Crippen LogP contribution < -0.4 is 10.2 Å². The minimum atomic E-state index is 0.433. The summed E-state index contributed by atoms with van der Waals surface area (Å²) in [6.45, 7) is 13.3. The van der Waals surface area contributed by atoms with E-state index in [2.05, 4.69) is 55.3 Å². The largest absolute Gasteiger partial charge is 0.380 e. The number of likely N-dealkylation sites (N-methyl/N-ethyl adjacent to an activating group) is 1. The molecule has 3 nitrogen and oxygen atoms in total. The number of benzene rings is 1. The van der Waals surface area contributed by atoms with Crippen LogP contribution in [0, 0.1) is 0 Å². The smallest absolute Gasteiger partial charge is 0.0641 e. The van der Waals surface area contributed by atoms with Crippen LogP contribution in [0.15, 0.2) is 24.3 Å². The van der Waals surface area contributed by atoms with Gasteiger partial charge in [-0.1, -0.05) is 32.0 Å². The Hall–Kier alpha value is -1.06. The van der Waals surface area contributed by atoms with E-state index in [1.54, 1.807) is 0 Å². The Morgan fingerprint density at radius 2 is 1.90 bits per heavy atom. The van der Waals surface area contributed by atoms with Gasteiger partial charge in [0.1, 0.15) is 0 Å². The molecule has 120 valence electrons. The van der Waals surface area contributed by atoms with Crippen LogP contribution in [0.1, 0.15) is 52.1 Å². The summed E-state index contributed by atoms with van der Waals surface area (Å²) in [7, 11) is 0. The van der Waals surface area contributed by atoms with Gasteiger partial charge >= 0.3 is 0 Å². The lowest BCUT2D eigenvalue weighted by Crippen LogP contribution is -2.30. The highest BCUT2D eigenvalue weighted by Gasteiger charge is 2.15. The Bertz CT molecular complexity index is 381. The van der Waals surface area contributed by atoms with Crippen molar-refractivity contribution in [1.29, 1.82) is 0 Å². The van der Waals surface area contributed by atoms with E-state index in [9.17, 15) is 0 Å². The first-order chi connectivity index (χ1) is 10.3. The third kappa shape index (κ3) is 5.68. The molecule has 1 atom stereocenters. The summed E-state index contributed by atoms with van der Waals surface area (Å²) in [5, 5.41) is 3.66. The number of rotatable bonds is 11. The van der Waals surface area contributed by atoms with E-state index in [0.717, 1.165) is 39.3 Å². The summed E-state index contributed by atoms with van der Waals surface area (Å²) in [6.07, 6.45) is 2.28. The number of nitrogens with zero attached hydrogens (tertiary/aromatic N) is 1. The third-order valence-corrected chi connectivity index (χ3v) is 3.79. The Kier molecular flexibility index (Phi) is 9.11. The molecule has 0 saturated carbocycles. The SMILES string of the molecule is CCCNC(CC)c1ccccc1N(CC)CCOCC. The first-order valence-corrected chi connectivity index (χ1v) is 8.43. The predicted octanol–water partition coefficient (Wildman–Crippen LogP) is 4.00. The number of hydrogen-bond acceptors (Lipinski definition) is 3. The van der Waals surface area contributed by atoms with Crippen molar-refractivity contribution >= 4 is 5.69 Å². The fourth-order valence-corrected chi connectivity index (χ4v) is 2.63. The molecule has 21 heavy (non-hydrogen) atoms. The highest BCUT2D eigenvalue weighted by Crippen LogP contribution is 2.28. The zero-order valence-corrected chi connectivity index (χ0v) is 14.2. The molecular formula is C18H32N2O. The standard InChI is InChI=1S/C18H32N2O/c1-5-13-19-17(6-2)16-11-9-10-12-18(16)20(7-3)14-15-21-8-4/h9-12,17,19H,5-8,13-15H2,1-4H3. The van der Waals surface area contributed by atoms with E-state index in [4.69, 9.17) is 4.74 Å². The quantitative estimate of drug-likeness (QED) is 0.624. The highest BCUT2D eigenvalue weighted by atomic mass is 16.5. The maximum absolute atomic E-state index is 5.52. The maximum Gasteiger partial charge on any atom is 0.0641 e. The maximum atomic E-state index is 5.52. The lowest BCUT2D eigenvalue weighted by Gasteiger charge is -2.29. The Balaban J connectivity index is 2.88. The van der Waals surface area contributed by atoms with Crippen molar-refractivity contribution in [2.45, 2.75) is 46.6 Å². The fourth-order valence-electron chi connectivity index (χ4n) is 2.63. The third-order valence-electron chi connectivity index (χ3n) is 3.79. The molecule has 0 amide bonds. The molecule has 1 rings (SSSR count). The molecule has 0 aliphatic rings. The molecule has 1 aromatic carbocycles. The van der Waals surface area contributed by atoms with Gasteiger partial charge in [0.15, 0.2) is 0 Å². The van der Waals surface area contributed by atoms with Gasteiger partial charge in [0.2, 0.25) is 0 Å². The highest BCUT2D eigenvalue weighted by molar-refractivity contribution is 5.55. The van der Waals surface area contributed by atoms with Crippen molar-refractivity contribution < 1.29 is 4.74 Å². The second kappa shape index (κ2) is 10.6. The molecule has 0 aliphatic heterocycles. The summed E-state index contributed by atoms with van der Waals surface area (Å²) in [4.78, 5) is 2.42. The average Bonchev–Trinajstić information content (AvgIpc) is 2.53. The molecule has 1 N–H and O–H groups in total. The topological polar surface area (TPSA) is 24.5 Å². The van der Waals surface area contributed by atoms with Crippen LogP contribution in [0.2, 0.25) is 0 Å². The van der Waals surface area contributed by atoms with Crippen molar-refractivity contribution in [1.82, 2.24) is 5.32 Å². The normalized spacial score (nSPS) is 12.4. The molecular weight excluding hydrogens is 260 g/mol. The molecule has 0 aliphatic carbocycles. The van der Waals surface area contributed by atoms with Crippen LogP contribution in [-0.4, -0.2) is 32.8 Å². The summed E-state index contributed by atoms with van der Waals surface area (Å²) in [6, 6.07) is 9.21. The first kappa shape index (κ1) is 18.0. The van der Waals surface area contributed by atoms with E-state index in [0.29, 0.717) is 6.04 Å². The second-order valence-electron chi connectivity index (χ2n) is 5.25. The van der Waals surface area contributed by atoms with E-state index < -0.39 is 0 Å². The summed E-state index contributed by atoms with van der Waals surface area (Å²) in [5.74, 6) is 0. The minimum absolute atomic E-state index is 0.433. The van der Waals surface area contributed by atoms with Gasteiger partial charge in [-0.15, -0.1) is 0 Å². The van der Waals surface area contributed by atoms with Crippen LogP contribution in [0.5, 0.6) is 0 Å². The lowest BCUT2D eigenvalue weighted by atomic mass is 10.0. The van der Waals surface area contributed by atoms with Crippen LogP contribution in [0.3, 0.4) is 0 Å². The van der Waals surface area contributed by atoms with E-state index in [1.165, 1.54) is 17.7 Å². The molecule has 1 aromatic rings. The van der Waals surface area contributed by atoms with E-state index in [-0.39, 0.29) is 0 Å². The molecule has 0 aromatic heterocycles. The summed E-state index contributed by atoms with van der Waals surface area (Å²) in [5.41, 5.74) is 2.75. The molecule has 0 spiro atoms. The Morgan fingerprint density at radius 3 is 2.52 bits per heavy atom. The number of para-hydroxylation sites is 1. The van der Waals surface area contributed by atoms with Gasteiger partial charge in [-0.3, -0.25) is 0 Å². The van der Waals surface area contributed by atoms with Crippen LogP contribution in [0.4, 0.5) is 5.69 Å². The van der Waals surface area contributed by atoms with Crippen LogP contribution >= 0.6 is 0 Å². The monoisotopic (exact) mass is 292 g/mol. The Morgan fingerprint density at radius 1 is 1.14 bits per heavy atom. The second-order valence-corrected chi connectivity index (χ2v) is 5.25. The van der Waals surface area contributed by atoms with Gasteiger partial charge in [0.05, 0.1) is 6.61 Å². The number of hydrogen-bond donors (Lipinski definition) is 1. The van der Waals surface area contributed by atoms with Crippen molar-refractivity contribution in [2.75, 3.05) is 37.7 Å². The van der Waals surface area contributed by atoms with Crippen LogP contribution in [-0.2, 0) is 4.74 Å². The van der Waals surface area contributed by atoms with Gasteiger partial charge in [-0.2, -0.15) is 0 Å². The van der Waals surface area contributed by atoms with E-state index >= 15 is 0 Å². The number of nitrogens with one attached hydrogen (secondary N) is 1. The lowest BCUT2D eigenvalue weighted by molar-refractivity contribution is 0.154. The predicted molar refractivity (Wildman–Crippen MR) is 92.1 cm³/mol. The zero-order chi connectivity index (χ0) is 15.5. The molecule has 0 saturated heterocycles. The molecule has 3 heteroatoms. The summed E-state index contributed by atoms with van der Waals surface area (Å²) < 4.78 is 5.52. The van der Waals surface area contributed by atoms with Crippen molar-refractivity contribution in [3.05, 3.63) is 29.8 Å². The zero-order valence-electron chi connectivity index (χ0n) is 14.2.